The summed E-state index contributed by atoms with van der Waals surface area (Å²) in [4.78, 5) is 22.2. The molecule has 4 nitrogen and oxygen atoms in total. The number of hydrogen-bond donors (Lipinski definition) is 2. The molecule has 0 spiro atoms. The Morgan fingerprint density at radius 1 is 1.12 bits per heavy atom. The molecular formula is C11H22CaO4. The predicted octanol–water partition coefficient (Wildman–Crippen LogP) is 1.46. The number of carbonyl (C=O) groups is 2. The minimum atomic E-state index is -1.62. The molecule has 5 heteroatoms. The van der Waals surface area contributed by atoms with Gasteiger partial charge in [0.1, 0.15) is 0 Å². The molecule has 0 saturated carbocycles. The van der Waals surface area contributed by atoms with Gasteiger partial charge in [-0.1, -0.05) is 40.0 Å². The third kappa shape index (κ3) is 4.22. The molecule has 0 aromatic carbocycles. The summed E-state index contributed by atoms with van der Waals surface area (Å²) in [5, 5.41) is 18.2. The van der Waals surface area contributed by atoms with Crippen molar-refractivity contribution in [1.82, 2.24) is 0 Å². The molecule has 2 N–H and O–H groups in total. The number of carboxylic acid groups (broad SMARTS) is 2. The minimum absolute atomic E-state index is 0. The molecule has 0 bridgehead atoms. The van der Waals surface area contributed by atoms with E-state index in [0.717, 1.165) is 12.8 Å². The van der Waals surface area contributed by atoms with Gasteiger partial charge in [0.05, 0.1) is 0 Å². The fraction of sp³-hybridized carbons (Fsp3) is 0.818. The first kappa shape index (κ1) is 18.6. The van der Waals surface area contributed by atoms with Gasteiger partial charge in [0.25, 0.3) is 0 Å². The number of aliphatic carboxylic acids is 2. The van der Waals surface area contributed by atoms with Gasteiger partial charge in [0.2, 0.25) is 0 Å². The zero-order valence-electron chi connectivity index (χ0n) is 9.62. The second kappa shape index (κ2) is 8.31. The molecule has 0 amide bonds. The Kier molecular flexibility index (Phi) is 9.65. The maximum atomic E-state index is 11.1. The van der Waals surface area contributed by atoms with E-state index in [1.165, 1.54) is 0 Å². The van der Waals surface area contributed by atoms with Crippen LogP contribution in [0.2, 0.25) is 0 Å². The second-order valence-electron chi connectivity index (χ2n) is 4.19. The van der Waals surface area contributed by atoms with Crippen molar-refractivity contribution >= 4 is 49.7 Å². The number of unbranched alkanes of at least 4 members (excludes halogenated alkanes) is 2. The molecule has 0 saturated heterocycles. The third-order valence-corrected chi connectivity index (χ3v) is 2.92. The molecule has 0 rings (SSSR count). The molecule has 92 valence electrons. The molecule has 0 unspecified atom stereocenters. The van der Waals surface area contributed by atoms with Crippen LogP contribution in [0.4, 0.5) is 0 Å². The zero-order valence-corrected chi connectivity index (χ0v) is 9.62. The molecule has 0 heterocycles. The van der Waals surface area contributed by atoms with Gasteiger partial charge < -0.3 is 10.2 Å². The second-order valence-corrected chi connectivity index (χ2v) is 4.19. The Hall–Kier alpha value is 0.200. The zero-order chi connectivity index (χ0) is 12.1. The van der Waals surface area contributed by atoms with Gasteiger partial charge in [0, 0.05) is 0 Å². The molecule has 0 atom stereocenters. The van der Waals surface area contributed by atoms with E-state index < -0.39 is 23.3 Å². The van der Waals surface area contributed by atoms with Gasteiger partial charge in [0.15, 0.2) is 5.41 Å². The standard InChI is InChI=1S/C11H20O4.Ca.2H/c1-4-5-6-7-11(8(2)3,9(12)13)10(14)15;;;/h8H,4-7H2,1-3H3,(H,12,13)(H,14,15);;;. The van der Waals surface area contributed by atoms with Gasteiger partial charge >= 0.3 is 49.7 Å². The van der Waals surface area contributed by atoms with E-state index >= 15 is 0 Å². The Balaban J connectivity index is 0. The summed E-state index contributed by atoms with van der Waals surface area (Å²) in [6.07, 6.45) is 2.68. The SMILES string of the molecule is CCCCCC(C(=O)O)(C(=O)O)C(C)C.[CaH2]. The van der Waals surface area contributed by atoms with E-state index in [-0.39, 0.29) is 44.2 Å². The predicted molar refractivity (Wildman–Crippen MR) is 65.2 cm³/mol. The van der Waals surface area contributed by atoms with E-state index in [0.29, 0.717) is 6.42 Å². The Morgan fingerprint density at radius 2 is 1.56 bits per heavy atom. The van der Waals surface area contributed by atoms with Crippen LogP contribution in [0.5, 0.6) is 0 Å². The van der Waals surface area contributed by atoms with E-state index in [2.05, 4.69) is 0 Å². The van der Waals surface area contributed by atoms with Crippen LogP contribution in [0.1, 0.15) is 46.5 Å². The number of carboxylic acids is 2. The van der Waals surface area contributed by atoms with Gasteiger partial charge in [-0.3, -0.25) is 9.59 Å². The van der Waals surface area contributed by atoms with Gasteiger partial charge in [-0.2, -0.15) is 0 Å². The maximum absolute atomic E-state index is 11.1. The van der Waals surface area contributed by atoms with E-state index in [9.17, 15) is 9.59 Å². The van der Waals surface area contributed by atoms with Crippen molar-refractivity contribution in [3.63, 3.8) is 0 Å². The fourth-order valence-corrected chi connectivity index (χ4v) is 1.74. The van der Waals surface area contributed by atoms with E-state index in [1.54, 1.807) is 13.8 Å². The third-order valence-electron chi connectivity index (χ3n) is 2.92. The first-order valence-electron chi connectivity index (χ1n) is 5.36. The summed E-state index contributed by atoms with van der Waals surface area (Å²) in [5.74, 6) is -2.84. The fourth-order valence-electron chi connectivity index (χ4n) is 1.74. The molecule has 0 aromatic rings. The van der Waals surface area contributed by atoms with Crippen LogP contribution in [0.25, 0.3) is 0 Å². The van der Waals surface area contributed by atoms with Crippen LogP contribution in [-0.4, -0.2) is 59.9 Å². The van der Waals surface area contributed by atoms with Crippen molar-refractivity contribution in [2.45, 2.75) is 46.5 Å². The molecule has 0 aliphatic rings. The van der Waals surface area contributed by atoms with Gasteiger partial charge in [-0.15, -0.1) is 0 Å². The first-order chi connectivity index (χ1) is 6.89. The average Bonchev–Trinajstić information content (AvgIpc) is 2.10. The van der Waals surface area contributed by atoms with Crippen LogP contribution in [-0.2, 0) is 9.59 Å². The van der Waals surface area contributed by atoms with Crippen molar-refractivity contribution in [3.8, 4) is 0 Å². The summed E-state index contributed by atoms with van der Waals surface area (Å²) in [5.41, 5.74) is -1.62. The summed E-state index contributed by atoms with van der Waals surface area (Å²) in [6, 6.07) is 0. The summed E-state index contributed by atoms with van der Waals surface area (Å²) < 4.78 is 0. The van der Waals surface area contributed by atoms with Crippen molar-refractivity contribution in [2.75, 3.05) is 0 Å². The Bertz CT molecular complexity index is 224. The number of rotatable bonds is 7. The quantitative estimate of drug-likeness (QED) is 0.412. The van der Waals surface area contributed by atoms with Crippen LogP contribution in [0.3, 0.4) is 0 Å². The molecule has 0 radical (unpaired) electrons. The summed E-state index contributed by atoms with van der Waals surface area (Å²) >= 11 is 0. The van der Waals surface area contributed by atoms with E-state index in [4.69, 9.17) is 10.2 Å². The van der Waals surface area contributed by atoms with Crippen molar-refractivity contribution < 1.29 is 19.8 Å². The van der Waals surface area contributed by atoms with Crippen LogP contribution < -0.4 is 0 Å². The molecule has 0 aliphatic heterocycles. The summed E-state index contributed by atoms with van der Waals surface area (Å²) in [6.45, 7) is 5.29. The Morgan fingerprint density at radius 3 is 1.81 bits per heavy atom. The first-order valence-corrected chi connectivity index (χ1v) is 5.36. The van der Waals surface area contributed by atoms with Gasteiger partial charge in [-0.25, -0.2) is 0 Å². The van der Waals surface area contributed by atoms with E-state index in [1.807, 2.05) is 6.92 Å². The Labute approximate surface area is 126 Å². The molecule has 0 fully saturated rings. The van der Waals surface area contributed by atoms with Crippen LogP contribution >= 0.6 is 0 Å². The molecular weight excluding hydrogens is 236 g/mol. The topological polar surface area (TPSA) is 74.6 Å². The monoisotopic (exact) mass is 258 g/mol. The van der Waals surface area contributed by atoms with Crippen molar-refractivity contribution in [3.05, 3.63) is 0 Å². The van der Waals surface area contributed by atoms with Gasteiger partial charge in [-0.05, 0) is 12.3 Å². The normalized spacial score (nSPS) is 11.0. The molecule has 0 aromatic heterocycles. The van der Waals surface area contributed by atoms with Crippen molar-refractivity contribution in [2.24, 2.45) is 11.3 Å². The molecule has 0 aliphatic carbocycles. The van der Waals surface area contributed by atoms with Crippen molar-refractivity contribution in [1.29, 1.82) is 0 Å². The summed E-state index contributed by atoms with van der Waals surface area (Å²) in [7, 11) is 0. The van der Waals surface area contributed by atoms with Crippen LogP contribution in [0, 0.1) is 11.3 Å². The number of hydrogen-bond acceptors (Lipinski definition) is 2. The average molecular weight is 258 g/mol. The van der Waals surface area contributed by atoms with Crippen LogP contribution in [0.15, 0.2) is 0 Å². The molecule has 16 heavy (non-hydrogen) atoms.